The molecule has 0 aromatic carbocycles. The van der Waals surface area contributed by atoms with E-state index in [1.54, 1.807) is 13.0 Å². The molecule has 0 aromatic heterocycles. The lowest BCUT2D eigenvalue weighted by molar-refractivity contribution is -0.184. The highest BCUT2D eigenvalue weighted by Gasteiger charge is 2.38. The molecular weight excluding hydrogens is 196 g/mol. The number of rotatable bonds is 6. The van der Waals surface area contributed by atoms with Gasteiger partial charge in [-0.1, -0.05) is 6.08 Å². The second-order valence-electron chi connectivity index (χ2n) is 3.42. The summed E-state index contributed by atoms with van der Waals surface area (Å²) in [4.78, 5) is 11.4. The van der Waals surface area contributed by atoms with Gasteiger partial charge in [-0.15, -0.1) is 6.58 Å². The maximum Gasteiger partial charge on any atom is 0.311 e. The molecule has 86 valence electrons. The van der Waals surface area contributed by atoms with Gasteiger partial charge in [-0.3, -0.25) is 4.79 Å². The van der Waals surface area contributed by atoms with E-state index in [2.05, 4.69) is 6.58 Å². The summed E-state index contributed by atoms with van der Waals surface area (Å²) < 4.78 is 15.9. The molecule has 1 heterocycles. The third-order valence-electron chi connectivity index (χ3n) is 2.26. The molecule has 15 heavy (non-hydrogen) atoms. The van der Waals surface area contributed by atoms with E-state index in [0.29, 0.717) is 26.2 Å². The SMILES string of the molecule is C=CCCC1(CC(=O)OCC)OCCO1. The maximum absolute atomic E-state index is 11.4. The van der Waals surface area contributed by atoms with Gasteiger partial charge in [-0.2, -0.15) is 0 Å². The molecular formula is C11H18O4. The molecule has 1 aliphatic rings. The van der Waals surface area contributed by atoms with E-state index < -0.39 is 5.79 Å². The van der Waals surface area contributed by atoms with Crippen LogP contribution >= 0.6 is 0 Å². The Kier molecular flexibility index (Phi) is 4.78. The summed E-state index contributed by atoms with van der Waals surface area (Å²) in [5.74, 6) is -1.05. The van der Waals surface area contributed by atoms with Gasteiger partial charge >= 0.3 is 5.97 Å². The predicted octanol–water partition coefficient (Wildman–Crippen LogP) is 1.65. The number of allylic oxidation sites excluding steroid dienone is 1. The Balaban J connectivity index is 2.48. The van der Waals surface area contributed by atoms with E-state index in [4.69, 9.17) is 14.2 Å². The third kappa shape index (κ3) is 3.64. The van der Waals surface area contributed by atoms with Gasteiger partial charge in [-0.25, -0.2) is 0 Å². The molecule has 1 fully saturated rings. The molecule has 4 nitrogen and oxygen atoms in total. The first-order valence-electron chi connectivity index (χ1n) is 5.27. The number of esters is 1. The van der Waals surface area contributed by atoms with E-state index >= 15 is 0 Å². The Morgan fingerprint density at radius 3 is 2.73 bits per heavy atom. The van der Waals surface area contributed by atoms with Crippen LogP contribution in [-0.2, 0) is 19.0 Å². The van der Waals surface area contributed by atoms with Crippen molar-refractivity contribution in [2.75, 3.05) is 19.8 Å². The van der Waals surface area contributed by atoms with E-state index in [9.17, 15) is 4.79 Å². The Labute approximate surface area is 90.2 Å². The molecule has 0 bridgehead atoms. The highest BCUT2D eigenvalue weighted by atomic mass is 16.7. The van der Waals surface area contributed by atoms with Crippen LogP contribution in [0.5, 0.6) is 0 Å². The molecule has 0 radical (unpaired) electrons. The summed E-state index contributed by atoms with van der Waals surface area (Å²) in [6.07, 6.45) is 3.36. The Bertz CT molecular complexity index is 219. The Hall–Kier alpha value is -0.870. The lowest BCUT2D eigenvalue weighted by Gasteiger charge is -2.25. The summed E-state index contributed by atoms with van der Waals surface area (Å²) in [5.41, 5.74) is 0. The van der Waals surface area contributed by atoms with Crippen molar-refractivity contribution in [2.45, 2.75) is 32.0 Å². The van der Waals surface area contributed by atoms with Crippen LogP contribution in [0.3, 0.4) is 0 Å². The molecule has 0 unspecified atom stereocenters. The molecule has 0 N–H and O–H groups in total. The molecule has 0 aliphatic carbocycles. The predicted molar refractivity (Wildman–Crippen MR) is 55.3 cm³/mol. The van der Waals surface area contributed by atoms with Gasteiger partial charge in [0.05, 0.1) is 26.2 Å². The zero-order valence-electron chi connectivity index (χ0n) is 9.16. The average Bonchev–Trinajstić information content (AvgIpc) is 2.64. The van der Waals surface area contributed by atoms with Crippen molar-refractivity contribution in [1.29, 1.82) is 0 Å². The van der Waals surface area contributed by atoms with Crippen LogP contribution in [-0.4, -0.2) is 31.6 Å². The summed E-state index contributed by atoms with van der Waals surface area (Å²) in [5, 5.41) is 0. The lowest BCUT2D eigenvalue weighted by Crippen LogP contribution is -2.33. The highest BCUT2D eigenvalue weighted by molar-refractivity contribution is 5.70. The molecule has 0 spiro atoms. The average molecular weight is 214 g/mol. The first-order chi connectivity index (χ1) is 7.22. The number of hydrogen-bond acceptors (Lipinski definition) is 4. The van der Waals surface area contributed by atoms with Crippen LogP contribution in [0.15, 0.2) is 12.7 Å². The maximum atomic E-state index is 11.4. The van der Waals surface area contributed by atoms with Crippen LogP contribution in [0.2, 0.25) is 0 Å². The molecule has 0 aromatic rings. The fourth-order valence-corrected chi connectivity index (χ4v) is 1.59. The third-order valence-corrected chi connectivity index (χ3v) is 2.26. The first kappa shape index (κ1) is 12.2. The molecule has 0 amide bonds. The van der Waals surface area contributed by atoms with Gasteiger partial charge in [-0.05, 0) is 13.3 Å². The summed E-state index contributed by atoms with van der Waals surface area (Å²) in [7, 11) is 0. The van der Waals surface area contributed by atoms with Crippen LogP contribution < -0.4 is 0 Å². The lowest BCUT2D eigenvalue weighted by atomic mass is 10.1. The molecule has 1 rings (SSSR count). The standard InChI is InChI=1S/C11H18O4/c1-3-5-6-11(14-7-8-15-11)9-10(12)13-4-2/h3H,1,4-9H2,2H3. The second kappa shape index (κ2) is 5.88. The van der Waals surface area contributed by atoms with Gasteiger partial charge < -0.3 is 14.2 Å². The van der Waals surface area contributed by atoms with Crippen molar-refractivity contribution in [3.05, 3.63) is 12.7 Å². The van der Waals surface area contributed by atoms with Crippen molar-refractivity contribution < 1.29 is 19.0 Å². The Morgan fingerprint density at radius 1 is 1.53 bits per heavy atom. The van der Waals surface area contributed by atoms with Crippen LogP contribution in [0.4, 0.5) is 0 Å². The minimum Gasteiger partial charge on any atom is -0.466 e. The second-order valence-corrected chi connectivity index (χ2v) is 3.42. The van der Waals surface area contributed by atoms with E-state index in [1.807, 2.05) is 0 Å². The molecule has 1 saturated heterocycles. The topological polar surface area (TPSA) is 44.8 Å². The first-order valence-corrected chi connectivity index (χ1v) is 5.27. The minimum absolute atomic E-state index is 0.161. The monoisotopic (exact) mass is 214 g/mol. The molecule has 4 heteroatoms. The van der Waals surface area contributed by atoms with Crippen molar-refractivity contribution in [3.8, 4) is 0 Å². The zero-order chi connectivity index (χ0) is 11.1. The van der Waals surface area contributed by atoms with Crippen LogP contribution in [0.25, 0.3) is 0 Å². The minimum atomic E-state index is -0.777. The number of carbonyl (C=O) groups excluding carboxylic acids is 1. The molecule has 0 saturated carbocycles. The van der Waals surface area contributed by atoms with Gasteiger partial charge in [0.2, 0.25) is 0 Å². The van der Waals surface area contributed by atoms with Crippen molar-refractivity contribution >= 4 is 5.97 Å². The summed E-state index contributed by atoms with van der Waals surface area (Å²) in [6.45, 7) is 6.89. The summed E-state index contributed by atoms with van der Waals surface area (Å²) >= 11 is 0. The van der Waals surface area contributed by atoms with Crippen LogP contribution in [0, 0.1) is 0 Å². The van der Waals surface area contributed by atoms with E-state index in [1.165, 1.54) is 0 Å². The van der Waals surface area contributed by atoms with Crippen LogP contribution in [0.1, 0.15) is 26.2 Å². The van der Waals surface area contributed by atoms with Crippen molar-refractivity contribution in [3.63, 3.8) is 0 Å². The highest BCUT2D eigenvalue weighted by Crippen LogP contribution is 2.29. The largest absolute Gasteiger partial charge is 0.466 e. The van der Waals surface area contributed by atoms with Crippen molar-refractivity contribution in [2.24, 2.45) is 0 Å². The quantitative estimate of drug-likeness (QED) is 0.498. The van der Waals surface area contributed by atoms with Gasteiger partial charge in [0.15, 0.2) is 5.79 Å². The van der Waals surface area contributed by atoms with Gasteiger partial charge in [0.25, 0.3) is 0 Å². The van der Waals surface area contributed by atoms with Gasteiger partial charge in [0.1, 0.15) is 0 Å². The number of carbonyl (C=O) groups is 1. The van der Waals surface area contributed by atoms with E-state index in [-0.39, 0.29) is 12.4 Å². The normalized spacial score (nSPS) is 18.7. The van der Waals surface area contributed by atoms with E-state index in [0.717, 1.165) is 6.42 Å². The fraction of sp³-hybridized carbons (Fsp3) is 0.727. The molecule has 1 aliphatic heterocycles. The fourth-order valence-electron chi connectivity index (χ4n) is 1.59. The Morgan fingerprint density at radius 2 is 2.20 bits per heavy atom. The van der Waals surface area contributed by atoms with Gasteiger partial charge in [0, 0.05) is 6.42 Å². The summed E-state index contributed by atoms with van der Waals surface area (Å²) in [6, 6.07) is 0. The molecule has 0 atom stereocenters. The smallest absolute Gasteiger partial charge is 0.311 e. The number of hydrogen-bond donors (Lipinski definition) is 0. The number of ether oxygens (including phenoxy) is 3. The van der Waals surface area contributed by atoms with Crippen molar-refractivity contribution in [1.82, 2.24) is 0 Å². The zero-order valence-corrected chi connectivity index (χ0v) is 9.16.